The van der Waals surface area contributed by atoms with E-state index in [1.54, 1.807) is 5.57 Å². The monoisotopic (exact) mass is 502 g/mol. The van der Waals surface area contributed by atoms with Crippen LogP contribution in [-0.2, 0) is 0 Å². The molecule has 4 aliphatic carbocycles. The molecular weight excluding hydrogens is 448 g/mol. The molecule has 0 saturated heterocycles. The molecule has 0 radical (unpaired) electrons. The summed E-state index contributed by atoms with van der Waals surface area (Å²) in [6.07, 6.45) is 18.4. The maximum Gasteiger partial charge on any atom is 0.0602 e. The number of fused-ring (bicyclic) bond motifs is 1. The molecule has 0 spiro atoms. The van der Waals surface area contributed by atoms with Crippen LogP contribution in [0.15, 0.2) is 23.3 Å². The Morgan fingerprint density at radius 1 is 0.944 bits per heavy atom. The molecule has 4 saturated carbocycles. The molecule has 0 amide bonds. The van der Waals surface area contributed by atoms with Crippen LogP contribution in [0.1, 0.15) is 125 Å². The molecule has 0 aromatic heterocycles. The Morgan fingerprint density at radius 3 is 2.25 bits per heavy atom. The lowest BCUT2D eigenvalue weighted by molar-refractivity contribution is 0.0414. The third kappa shape index (κ3) is 6.47. The van der Waals surface area contributed by atoms with Gasteiger partial charge in [-0.2, -0.15) is 0 Å². The highest BCUT2D eigenvalue weighted by atomic mass is 16.3. The van der Waals surface area contributed by atoms with Crippen molar-refractivity contribution in [1.82, 2.24) is 0 Å². The van der Waals surface area contributed by atoms with Crippen molar-refractivity contribution in [3.63, 3.8) is 0 Å². The van der Waals surface area contributed by atoms with Gasteiger partial charge in [0.15, 0.2) is 0 Å². The topological polar surface area (TPSA) is 80.9 Å². The summed E-state index contributed by atoms with van der Waals surface area (Å²) >= 11 is 0. The molecule has 4 nitrogen and oxygen atoms in total. The molecule has 0 aromatic rings. The average molecular weight is 503 g/mol. The number of aliphatic hydroxyl groups excluding tert-OH is 2. The fraction of sp³-hybridized carbons (Fsp3) is 0.875. The zero-order chi connectivity index (χ0) is 26.4. The van der Waals surface area contributed by atoms with Crippen molar-refractivity contribution in [2.75, 3.05) is 0 Å². The molecule has 0 bridgehead atoms. The zero-order valence-corrected chi connectivity index (χ0v) is 23.7. The van der Waals surface area contributed by atoms with Gasteiger partial charge in [-0.1, -0.05) is 36.6 Å². The first-order chi connectivity index (χ1) is 16.7. The van der Waals surface area contributed by atoms with Gasteiger partial charge in [-0.25, -0.2) is 0 Å². The van der Waals surface area contributed by atoms with Gasteiger partial charge in [0, 0.05) is 0 Å². The predicted molar refractivity (Wildman–Crippen MR) is 146 cm³/mol. The Morgan fingerprint density at radius 2 is 1.61 bits per heavy atom. The molecule has 7 atom stereocenters. The van der Waals surface area contributed by atoms with Gasteiger partial charge in [0.05, 0.1) is 23.4 Å². The lowest BCUT2D eigenvalue weighted by Crippen LogP contribution is -2.38. The summed E-state index contributed by atoms with van der Waals surface area (Å²) in [4.78, 5) is 0. The van der Waals surface area contributed by atoms with Crippen LogP contribution in [0.5, 0.6) is 0 Å². The van der Waals surface area contributed by atoms with Crippen LogP contribution >= 0.6 is 0 Å². The van der Waals surface area contributed by atoms with Crippen molar-refractivity contribution in [1.29, 1.82) is 0 Å². The summed E-state index contributed by atoms with van der Waals surface area (Å²) in [6.45, 7) is 10.3. The number of hydrogen-bond donors (Lipinski definition) is 4. The van der Waals surface area contributed by atoms with E-state index in [0.29, 0.717) is 41.9 Å². The van der Waals surface area contributed by atoms with Crippen molar-refractivity contribution >= 4 is 0 Å². The van der Waals surface area contributed by atoms with Crippen molar-refractivity contribution in [3.8, 4) is 0 Å². The third-order valence-electron chi connectivity index (χ3n) is 10.5. The minimum Gasteiger partial charge on any atom is -0.393 e. The van der Waals surface area contributed by atoms with Gasteiger partial charge in [0.2, 0.25) is 0 Å². The summed E-state index contributed by atoms with van der Waals surface area (Å²) in [5, 5.41) is 41.0. The van der Waals surface area contributed by atoms with Gasteiger partial charge in [0.1, 0.15) is 0 Å². The maximum absolute atomic E-state index is 10.4. The summed E-state index contributed by atoms with van der Waals surface area (Å²) < 4.78 is 0. The minimum atomic E-state index is -0.602. The Balaban J connectivity index is 1.52. The van der Waals surface area contributed by atoms with Crippen LogP contribution in [0, 0.1) is 28.6 Å². The first kappa shape index (κ1) is 28.3. The summed E-state index contributed by atoms with van der Waals surface area (Å²) in [6, 6.07) is 0. The third-order valence-corrected chi connectivity index (χ3v) is 10.5. The average Bonchev–Trinajstić information content (AvgIpc) is 3.31. The Labute approximate surface area is 220 Å². The van der Waals surface area contributed by atoms with Gasteiger partial charge in [-0.15, -0.1) is 0 Å². The Kier molecular flexibility index (Phi) is 8.24. The number of rotatable bonds is 9. The van der Waals surface area contributed by atoms with E-state index in [9.17, 15) is 20.4 Å². The van der Waals surface area contributed by atoms with Gasteiger partial charge >= 0.3 is 0 Å². The molecule has 0 heterocycles. The van der Waals surface area contributed by atoms with Gasteiger partial charge in [-0.3, -0.25) is 0 Å². The number of hydrogen-bond acceptors (Lipinski definition) is 4. The molecule has 4 aliphatic rings. The largest absolute Gasteiger partial charge is 0.393 e. The van der Waals surface area contributed by atoms with Crippen LogP contribution in [-0.4, -0.2) is 43.8 Å². The number of allylic oxidation sites excluding steroid dienone is 3. The minimum absolute atomic E-state index is 0.326. The molecule has 4 heteroatoms. The second-order valence-corrected chi connectivity index (χ2v) is 14.7. The normalized spacial score (nSPS) is 40.4. The van der Waals surface area contributed by atoms with E-state index in [1.165, 1.54) is 50.5 Å². The molecule has 4 N–H and O–H groups in total. The molecule has 36 heavy (non-hydrogen) atoms. The summed E-state index contributed by atoms with van der Waals surface area (Å²) in [7, 11) is 0. The molecule has 0 aliphatic heterocycles. The van der Waals surface area contributed by atoms with Gasteiger partial charge in [0.25, 0.3) is 0 Å². The second-order valence-electron chi connectivity index (χ2n) is 14.7. The summed E-state index contributed by atoms with van der Waals surface area (Å²) in [5.74, 6) is 2.06. The Bertz CT molecular complexity index is 818. The smallest absolute Gasteiger partial charge is 0.0602 e. The van der Waals surface area contributed by atoms with Gasteiger partial charge < -0.3 is 20.4 Å². The molecule has 4 fully saturated rings. The first-order valence-electron chi connectivity index (χ1n) is 14.9. The highest BCUT2D eigenvalue weighted by molar-refractivity contribution is 5.28. The highest BCUT2D eigenvalue weighted by Crippen LogP contribution is 2.73. The van der Waals surface area contributed by atoms with E-state index < -0.39 is 23.4 Å². The quantitative estimate of drug-likeness (QED) is 0.292. The fourth-order valence-electron chi connectivity index (χ4n) is 8.79. The maximum atomic E-state index is 10.4. The van der Waals surface area contributed by atoms with E-state index in [0.717, 1.165) is 31.6 Å². The van der Waals surface area contributed by atoms with Crippen LogP contribution < -0.4 is 0 Å². The van der Waals surface area contributed by atoms with Crippen molar-refractivity contribution in [2.45, 2.75) is 148 Å². The lowest BCUT2D eigenvalue weighted by Gasteiger charge is -2.46. The molecule has 0 aromatic carbocycles. The first-order valence-corrected chi connectivity index (χ1v) is 14.9. The number of aliphatic hydroxyl groups is 4. The van der Waals surface area contributed by atoms with Crippen molar-refractivity contribution in [2.24, 2.45) is 28.6 Å². The van der Waals surface area contributed by atoms with Crippen LogP contribution in [0.4, 0.5) is 0 Å². The van der Waals surface area contributed by atoms with Crippen LogP contribution in [0.2, 0.25) is 0 Å². The second kappa shape index (κ2) is 10.5. The Hall–Kier alpha value is -0.680. The van der Waals surface area contributed by atoms with Crippen molar-refractivity contribution < 1.29 is 20.4 Å². The van der Waals surface area contributed by atoms with Crippen molar-refractivity contribution in [3.05, 3.63) is 23.3 Å². The van der Waals surface area contributed by atoms with E-state index in [4.69, 9.17) is 0 Å². The molecular formula is C32H54O4. The van der Waals surface area contributed by atoms with Gasteiger partial charge in [-0.05, 0) is 140 Å². The van der Waals surface area contributed by atoms with E-state index in [2.05, 4.69) is 19.1 Å². The van der Waals surface area contributed by atoms with Crippen LogP contribution in [0.3, 0.4) is 0 Å². The SMILES string of the molecule is CC(C)(O)CCC[C@@]1([C@H]2CCC3/C(=C/C=C4C[C@@H](O)C[C@H](O)C4)CCC[C@@]32C)C[C@H]1CCC(C)(C)O. The highest BCUT2D eigenvalue weighted by Gasteiger charge is 2.65. The molecule has 206 valence electrons. The zero-order valence-electron chi connectivity index (χ0n) is 23.7. The molecule has 4 rings (SSSR count). The van der Waals surface area contributed by atoms with Crippen LogP contribution in [0.25, 0.3) is 0 Å². The lowest BCUT2D eigenvalue weighted by atomic mass is 9.59. The summed E-state index contributed by atoms with van der Waals surface area (Å²) in [5.41, 5.74) is 2.28. The predicted octanol–water partition coefficient (Wildman–Crippen LogP) is 6.46. The molecule has 1 unspecified atom stereocenters. The standard InChI is InChI=1S/C32H54O4/c1-29(2,35)14-7-16-32(21-24(32)13-17-30(3,4)36)28-12-11-27-23(8-6-15-31(27,28)5)10-9-22-18-25(33)20-26(34)19-22/h9-10,24-28,33-36H,6-8,11-21H2,1-5H3/b23-10+/t24-,25-,26-,27?,28+,31+,32-/m1/s1. The van der Waals surface area contributed by atoms with E-state index in [1.807, 2.05) is 27.7 Å². The van der Waals surface area contributed by atoms with E-state index in [-0.39, 0.29) is 0 Å². The van der Waals surface area contributed by atoms with E-state index >= 15 is 0 Å². The fourth-order valence-corrected chi connectivity index (χ4v) is 8.79.